The lowest BCUT2D eigenvalue weighted by atomic mass is 10.1. The van der Waals surface area contributed by atoms with Gasteiger partial charge in [0.2, 0.25) is 15.9 Å². The first-order valence-electron chi connectivity index (χ1n) is 7.18. The summed E-state index contributed by atoms with van der Waals surface area (Å²) in [6, 6.07) is 11.6. The van der Waals surface area contributed by atoms with Crippen LogP contribution < -0.4 is 15.8 Å². The van der Waals surface area contributed by atoms with Crippen LogP contribution in [0.4, 0.5) is 11.4 Å². The van der Waals surface area contributed by atoms with Gasteiger partial charge in [-0.05, 0) is 24.3 Å². The number of primary amides is 1. The number of anilines is 1. The number of carbonyl (C=O) groups is 1. The van der Waals surface area contributed by atoms with Crippen LogP contribution in [0.3, 0.4) is 0 Å². The molecule has 0 aliphatic carbocycles. The van der Waals surface area contributed by atoms with Gasteiger partial charge in [0.25, 0.3) is 5.69 Å². The van der Waals surface area contributed by atoms with Crippen molar-refractivity contribution in [3.63, 3.8) is 0 Å². The van der Waals surface area contributed by atoms with E-state index >= 15 is 0 Å². The van der Waals surface area contributed by atoms with E-state index in [1.165, 1.54) is 24.3 Å². The molecule has 2 aromatic carbocycles. The van der Waals surface area contributed by atoms with Crippen molar-refractivity contribution in [3.8, 4) is 0 Å². The summed E-state index contributed by atoms with van der Waals surface area (Å²) in [6.07, 6.45) is 0. The third-order valence-electron chi connectivity index (χ3n) is 3.26. The molecular weight excluding hydrogens is 348 g/mol. The van der Waals surface area contributed by atoms with Crippen LogP contribution >= 0.6 is 0 Å². The van der Waals surface area contributed by atoms with Crippen molar-refractivity contribution < 1.29 is 18.1 Å². The monoisotopic (exact) mass is 364 g/mol. The normalized spacial score (nSPS) is 11.0. The fourth-order valence-electron chi connectivity index (χ4n) is 2.05. The van der Waals surface area contributed by atoms with Gasteiger partial charge in [0.1, 0.15) is 5.69 Å². The quantitative estimate of drug-likeness (QED) is 0.363. The van der Waals surface area contributed by atoms with Gasteiger partial charge >= 0.3 is 0 Å². The van der Waals surface area contributed by atoms with Crippen molar-refractivity contribution in [1.29, 1.82) is 0 Å². The number of sulfonamides is 1. The predicted octanol–water partition coefficient (Wildman–Crippen LogP) is 1.08. The van der Waals surface area contributed by atoms with E-state index in [-0.39, 0.29) is 34.9 Å². The molecule has 0 radical (unpaired) electrons. The molecule has 0 heterocycles. The number of nitrogens with zero attached hydrogens (tertiary/aromatic N) is 1. The molecule has 0 fully saturated rings. The Morgan fingerprint density at radius 1 is 1.12 bits per heavy atom. The summed E-state index contributed by atoms with van der Waals surface area (Å²) in [5.74, 6) is -0.773. The van der Waals surface area contributed by atoms with E-state index in [0.717, 1.165) is 6.07 Å². The number of nitrogens with two attached hydrogens (primary N) is 1. The molecule has 4 N–H and O–H groups in total. The minimum atomic E-state index is -3.64. The molecule has 0 spiro atoms. The molecule has 0 saturated carbocycles. The largest absolute Gasteiger partial charge is 0.378 e. The van der Waals surface area contributed by atoms with Gasteiger partial charge in [-0.1, -0.05) is 18.2 Å². The van der Waals surface area contributed by atoms with Crippen LogP contribution in [0.25, 0.3) is 0 Å². The zero-order chi connectivity index (χ0) is 18.4. The first-order valence-corrected chi connectivity index (χ1v) is 8.66. The summed E-state index contributed by atoms with van der Waals surface area (Å²) in [6.45, 7) is 0.134. The Balaban J connectivity index is 2.00. The number of rotatable bonds is 8. The summed E-state index contributed by atoms with van der Waals surface area (Å²) >= 11 is 0. The third-order valence-corrected chi connectivity index (χ3v) is 4.74. The molecule has 0 unspecified atom stereocenters. The average molecular weight is 364 g/mol. The topological polar surface area (TPSA) is 144 Å². The Labute approximate surface area is 144 Å². The first-order chi connectivity index (χ1) is 11.8. The lowest BCUT2D eigenvalue weighted by Crippen LogP contribution is -2.29. The van der Waals surface area contributed by atoms with Crippen molar-refractivity contribution >= 4 is 27.3 Å². The van der Waals surface area contributed by atoms with E-state index in [2.05, 4.69) is 10.0 Å². The molecule has 25 heavy (non-hydrogen) atoms. The van der Waals surface area contributed by atoms with Crippen LogP contribution in [-0.2, 0) is 10.0 Å². The van der Waals surface area contributed by atoms with Crippen LogP contribution in [0.5, 0.6) is 0 Å². The van der Waals surface area contributed by atoms with Gasteiger partial charge in [0.15, 0.2) is 0 Å². The van der Waals surface area contributed by atoms with Crippen LogP contribution in [0.1, 0.15) is 10.4 Å². The highest BCUT2D eigenvalue weighted by molar-refractivity contribution is 7.89. The van der Waals surface area contributed by atoms with E-state index in [9.17, 15) is 23.3 Å². The maximum absolute atomic E-state index is 12.0. The van der Waals surface area contributed by atoms with Crippen LogP contribution in [0.2, 0.25) is 0 Å². The lowest BCUT2D eigenvalue weighted by Gasteiger charge is -2.09. The minimum absolute atomic E-state index is 0.0158. The lowest BCUT2D eigenvalue weighted by molar-refractivity contribution is -0.384. The van der Waals surface area contributed by atoms with Crippen molar-refractivity contribution in [2.45, 2.75) is 4.90 Å². The maximum atomic E-state index is 12.0. The van der Waals surface area contributed by atoms with E-state index in [0.29, 0.717) is 0 Å². The summed E-state index contributed by atoms with van der Waals surface area (Å²) in [4.78, 5) is 21.7. The van der Waals surface area contributed by atoms with Crippen LogP contribution in [0.15, 0.2) is 53.4 Å². The highest BCUT2D eigenvalue weighted by atomic mass is 32.2. The molecule has 0 bridgehead atoms. The second kappa shape index (κ2) is 7.73. The van der Waals surface area contributed by atoms with Crippen molar-refractivity contribution in [2.24, 2.45) is 5.73 Å². The zero-order valence-corrected chi connectivity index (χ0v) is 13.8. The molecule has 2 aromatic rings. The number of nitrogens with one attached hydrogen (secondary N) is 2. The number of nitro groups is 1. The molecule has 0 atom stereocenters. The number of benzene rings is 2. The number of carbonyl (C=O) groups excluding carboxylic acids is 1. The number of amides is 1. The van der Waals surface area contributed by atoms with Crippen LogP contribution in [-0.4, -0.2) is 32.3 Å². The minimum Gasteiger partial charge on any atom is -0.378 e. The molecule has 1 amide bonds. The highest BCUT2D eigenvalue weighted by Gasteiger charge is 2.17. The molecule has 0 aliphatic rings. The number of hydrogen-bond acceptors (Lipinski definition) is 6. The highest BCUT2D eigenvalue weighted by Crippen LogP contribution is 2.25. The zero-order valence-electron chi connectivity index (χ0n) is 13.0. The number of hydrogen-bond donors (Lipinski definition) is 3. The van der Waals surface area contributed by atoms with Crippen molar-refractivity contribution in [2.75, 3.05) is 18.4 Å². The predicted molar refractivity (Wildman–Crippen MR) is 91.7 cm³/mol. The second-order valence-corrected chi connectivity index (χ2v) is 6.76. The van der Waals surface area contributed by atoms with Gasteiger partial charge in [-0.3, -0.25) is 14.9 Å². The number of nitro benzene ring substituents is 1. The molecule has 0 aliphatic heterocycles. The SMILES string of the molecule is NC(=O)c1ccc(NCCNS(=O)(=O)c2ccccc2)c([N+](=O)[O-])c1. The fraction of sp³-hybridized carbons (Fsp3) is 0.133. The van der Waals surface area contributed by atoms with E-state index < -0.39 is 20.9 Å². The molecule has 0 aromatic heterocycles. The molecule has 10 heteroatoms. The van der Waals surface area contributed by atoms with E-state index in [1.54, 1.807) is 18.2 Å². The average Bonchev–Trinajstić information content (AvgIpc) is 2.59. The maximum Gasteiger partial charge on any atom is 0.293 e. The summed E-state index contributed by atoms with van der Waals surface area (Å²) in [5.41, 5.74) is 4.96. The molecular formula is C15H16N4O5S. The second-order valence-electron chi connectivity index (χ2n) is 4.99. The third kappa shape index (κ3) is 4.75. The Morgan fingerprint density at radius 3 is 2.40 bits per heavy atom. The van der Waals surface area contributed by atoms with Gasteiger partial charge in [-0.2, -0.15) is 0 Å². The van der Waals surface area contributed by atoms with Gasteiger partial charge in [0.05, 0.1) is 9.82 Å². The van der Waals surface area contributed by atoms with E-state index in [1.807, 2.05) is 0 Å². The Morgan fingerprint density at radius 2 is 1.80 bits per heavy atom. The van der Waals surface area contributed by atoms with Crippen LogP contribution in [0, 0.1) is 10.1 Å². The standard InChI is InChI=1S/C15H16N4O5S/c16-15(20)11-6-7-13(14(10-11)19(21)22)17-8-9-18-25(23,24)12-4-2-1-3-5-12/h1-7,10,17-18H,8-9H2,(H2,16,20). The van der Waals surface area contributed by atoms with E-state index in [4.69, 9.17) is 5.73 Å². The first kappa shape index (κ1) is 18.4. The fourth-order valence-corrected chi connectivity index (χ4v) is 3.10. The van der Waals surface area contributed by atoms with Gasteiger partial charge in [-0.15, -0.1) is 0 Å². The Hall–Kier alpha value is -2.98. The van der Waals surface area contributed by atoms with Gasteiger partial charge in [-0.25, -0.2) is 13.1 Å². The Bertz CT molecular complexity index is 884. The summed E-state index contributed by atoms with van der Waals surface area (Å²) in [7, 11) is -3.64. The molecule has 2 rings (SSSR count). The molecule has 9 nitrogen and oxygen atoms in total. The van der Waals surface area contributed by atoms with Gasteiger partial charge in [0, 0.05) is 24.7 Å². The smallest absolute Gasteiger partial charge is 0.293 e. The van der Waals surface area contributed by atoms with Crippen molar-refractivity contribution in [1.82, 2.24) is 4.72 Å². The Kier molecular flexibility index (Phi) is 5.67. The summed E-state index contributed by atoms with van der Waals surface area (Å²) in [5, 5.41) is 13.8. The molecule has 132 valence electrons. The van der Waals surface area contributed by atoms with Crippen molar-refractivity contribution in [3.05, 3.63) is 64.2 Å². The van der Waals surface area contributed by atoms with Gasteiger partial charge < -0.3 is 11.1 Å². The molecule has 0 saturated heterocycles. The summed E-state index contributed by atoms with van der Waals surface area (Å²) < 4.78 is 26.5.